The minimum Gasteiger partial charge on any atom is -0.396 e. The first-order valence-corrected chi connectivity index (χ1v) is 6.78. The summed E-state index contributed by atoms with van der Waals surface area (Å²) in [5.41, 5.74) is 7.64. The van der Waals surface area contributed by atoms with E-state index in [1.54, 1.807) is 0 Å². The average molecular weight is 254 g/mol. The summed E-state index contributed by atoms with van der Waals surface area (Å²) in [5, 5.41) is 18.4. The highest BCUT2D eigenvalue weighted by Gasteiger charge is 2.19. The van der Waals surface area contributed by atoms with Gasteiger partial charge in [-0.05, 0) is 52.6 Å². The molecule has 19 heavy (non-hydrogen) atoms. The van der Waals surface area contributed by atoms with Crippen LogP contribution in [0.2, 0.25) is 0 Å². The van der Waals surface area contributed by atoms with Crippen LogP contribution in [0.5, 0.6) is 0 Å². The van der Waals surface area contributed by atoms with Gasteiger partial charge in [0.1, 0.15) is 0 Å². The summed E-state index contributed by atoms with van der Waals surface area (Å²) >= 11 is 0. The Bertz CT molecular complexity index is 602. The molecule has 0 unspecified atom stereocenters. The smallest absolute Gasteiger partial charge is 0.0471 e. The van der Waals surface area contributed by atoms with Crippen molar-refractivity contribution >= 4 is 0 Å². The Hall–Kier alpha value is -1.64. The van der Waals surface area contributed by atoms with Crippen LogP contribution in [-0.2, 0) is 19.3 Å². The van der Waals surface area contributed by atoms with Crippen LogP contribution < -0.4 is 0 Å². The van der Waals surface area contributed by atoms with Crippen molar-refractivity contribution in [2.45, 2.75) is 19.3 Å². The van der Waals surface area contributed by atoms with E-state index in [9.17, 15) is 10.2 Å². The summed E-state index contributed by atoms with van der Waals surface area (Å²) in [6.07, 6.45) is 2.30. The molecule has 0 atom stereocenters. The molecule has 0 aromatic heterocycles. The van der Waals surface area contributed by atoms with E-state index in [-0.39, 0.29) is 13.2 Å². The van der Waals surface area contributed by atoms with Gasteiger partial charge in [-0.2, -0.15) is 0 Å². The maximum atomic E-state index is 9.19. The van der Waals surface area contributed by atoms with Crippen LogP contribution in [0.4, 0.5) is 0 Å². The van der Waals surface area contributed by atoms with Gasteiger partial charge in [0, 0.05) is 13.2 Å². The molecular formula is C17H18O2. The Kier molecular flexibility index (Phi) is 3.36. The number of hydrogen-bond acceptors (Lipinski definition) is 2. The van der Waals surface area contributed by atoms with Crippen LogP contribution in [0.25, 0.3) is 11.1 Å². The number of rotatable bonds is 4. The third-order valence-corrected chi connectivity index (χ3v) is 3.88. The molecular weight excluding hydrogens is 236 g/mol. The average Bonchev–Trinajstić information content (AvgIpc) is 2.77. The molecule has 2 aromatic rings. The van der Waals surface area contributed by atoms with E-state index in [0.717, 1.165) is 12.0 Å². The molecule has 2 aromatic carbocycles. The lowest BCUT2D eigenvalue weighted by Crippen LogP contribution is -2.02. The standard InChI is InChI=1S/C17H18O2/c18-7-5-12-9-15-10-14-3-1-2-4-16(14)17(15)11-13(12)6-8-19/h1-4,9,11,18-19H,5-8,10H2. The first kappa shape index (κ1) is 12.4. The number of fused-ring (bicyclic) bond motifs is 3. The summed E-state index contributed by atoms with van der Waals surface area (Å²) in [5.74, 6) is 0. The largest absolute Gasteiger partial charge is 0.396 e. The first-order chi connectivity index (χ1) is 9.33. The van der Waals surface area contributed by atoms with Crippen molar-refractivity contribution in [2.75, 3.05) is 13.2 Å². The highest BCUT2D eigenvalue weighted by Crippen LogP contribution is 2.38. The quantitative estimate of drug-likeness (QED) is 0.750. The minimum absolute atomic E-state index is 0.152. The monoisotopic (exact) mass is 254 g/mol. The molecule has 0 saturated carbocycles. The third-order valence-electron chi connectivity index (χ3n) is 3.88. The number of benzene rings is 2. The molecule has 2 nitrogen and oxygen atoms in total. The van der Waals surface area contributed by atoms with Gasteiger partial charge in [-0.15, -0.1) is 0 Å². The van der Waals surface area contributed by atoms with Crippen LogP contribution in [0.3, 0.4) is 0 Å². The molecule has 0 saturated heterocycles. The predicted octanol–water partition coefficient (Wildman–Crippen LogP) is 2.33. The van der Waals surface area contributed by atoms with Crippen molar-refractivity contribution in [3.8, 4) is 11.1 Å². The van der Waals surface area contributed by atoms with E-state index in [4.69, 9.17) is 0 Å². The highest BCUT2D eigenvalue weighted by atomic mass is 16.3. The van der Waals surface area contributed by atoms with E-state index in [1.807, 2.05) is 0 Å². The SMILES string of the molecule is OCCc1cc2c(cc1CCO)-c1ccccc1C2. The molecule has 0 heterocycles. The van der Waals surface area contributed by atoms with Gasteiger partial charge in [0.2, 0.25) is 0 Å². The zero-order chi connectivity index (χ0) is 13.2. The van der Waals surface area contributed by atoms with Crippen molar-refractivity contribution in [3.63, 3.8) is 0 Å². The van der Waals surface area contributed by atoms with Crippen LogP contribution >= 0.6 is 0 Å². The molecule has 0 fully saturated rings. The fourth-order valence-electron chi connectivity index (χ4n) is 2.99. The molecule has 1 aliphatic rings. The number of hydrogen-bond donors (Lipinski definition) is 2. The lowest BCUT2D eigenvalue weighted by molar-refractivity contribution is 0.293. The van der Waals surface area contributed by atoms with Crippen molar-refractivity contribution in [1.82, 2.24) is 0 Å². The molecule has 2 heteroatoms. The molecule has 3 rings (SSSR count). The normalized spacial score (nSPS) is 12.3. The summed E-state index contributed by atoms with van der Waals surface area (Å²) in [6, 6.07) is 12.9. The highest BCUT2D eigenvalue weighted by molar-refractivity contribution is 5.77. The van der Waals surface area contributed by atoms with E-state index in [2.05, 4.69) is 36.4 Å². The fourth-order valence-corrected chi connectivity index (χ4v) is 2.99. The zero-order valence-electron chi connectivity index (χ0n) is 10.9. The Labute approximate surface area is 113 Å². The lowest BCUT2D eigenvalue weighted by atomic mass is 9.95. The zero-order valence-corrected chi connectivity index (χ0v) is 10.9. The van der Waals surface area contributed by atoms with Gasteiger partial charge in [0.15, 0.2) is 0 Å². The van der Waals surface area contributed by atoms with Crippen LogP contribution in [0.1, 0.15) is 22.3 Å². The third kappa shape index (κ3) is 2.18. The first-order valence-electron chi connectivity index (χ1n) is 6.78. The van der Waals surface area contributed by atoms with E-state index < -0.39 is 0 Å². The van der Waals surface area contributed by atoms with Gasteiger partial charge >= 0.3 is 0 Å². The van der Waals surface area contributed by atoms with E-state index in [0.29, 0.717) is 12.8 Å². The summed E-state index contributed by atoms with van der Waals surface area (Å²) in [6.45, 7) is 0.309. The Morgan fingerprint density at radius 1 is 0.789 bits per heavy atom. The molecule has 0 spiro atoms. The fraction of sp³-hybridized carbons (Fsp3) is 0.294. The lowest BCUT2D eigenvalue weighted by Gasteiger charge is -2.11. The molecule has 0 aliphatic heterocycles. The minimum atomic E-state index is 0.152. The van der Waals surface area contributed by atoms with Crippen LogP contribution in [0, 0.1) is 0 Å². The summed E-state index contributed by atoms with van der Waals surface area (Å²) in [7, 11) is 0. The summed E-state index contributed by atoms with van der Waals surface area (Å²) in [4.78, 5) is 0. The van der Waals surface area contributed by atoms with Crippen molar-refractivity contribution < 1.29 is 10.2 Å². The molecule has 98 valence electrons. The molecule has 0 bridgehead atoms. The van der Waals surface area contributed by atoms with Crippen LogP contribution in [0.15, 0.2) is 36.4 Å². The molecule has 1 aliphatic carbocycles. The van der Waals surface area contributed by atoms with Gasteiger partial charge in [0.05, 0.1) is 0 Å². The maximum absolute atomic E-state index is 9.19. The van der Waals surface area contributed by atoms with Crippen LogP contribution in [-0.4, -0.2) is 23.4 Å². The Balaban J connectivity index is 2.10. The second-order valence-corrected chi connectivity index (χ2v) is 5.06. The maximum Gasteiger partial charge on any atom is 0.0471 e. The predicted molar refractivity (Wildman–Crippen MR) is 76.3 cm³/mol. The van der Waals surface area contributed by atoms with Gasteiger partial charge < -0.3 is 10.2 Å². The van der Waals surface area contributed by atoms with Crippen molar-refractivity contribution in [1.29, 1.82) is 0 Å². The topological polar surface area (TPSA) is 40.5 Å². The van der Waals surface area contributed by atoms with E-state index in [1.165, 1.54) is 27.8 Å². The van der Waals surface area contributed by atoms with Gasteiger partial charge in [-0.25, -0.2) is 0 Å². The summed E-state index contributed by atoms with van der Waals surface area (Å²) < 4.78 is 0. The second-order valence-electron chi connectivity index (χ2n) is 5.06. The van der Waals surface area contributed by atoms with Gasteiger partial charge in [0.25, 0.3) is 0 Å². The van der Waals surface area contributed by atoms with E-state index >= 15 is 0 Å². The Morgan fingerprint density at radius 2 is 1.47 bits per heavy atom. The van der Waals surface area contributed by atoms with Crippen molar-refractivity contribution in [3.05, 3.63) is 58.7 Å². The number of aliphatic hydroxyl groups excluding tert-OH is 2. The molecule has 0 radical (unpaired) electrons. The van der Waals surface area contributed by atoms with Gasteiger partial charge in [-0.3, -0.25) is 0 Å². The number of aliphatic hydroxyl groups is 2. The van der Waals surface area contributed by atoms with Gasteiger partial charge in [-0.1, -0.05) is 36.4 Å². The second kappa shape index (κ2) is 5.16. The van der Waals surface area contributed by atoms with Crippen molar-refractivity contribution in [2.24, 2.45) is 0 Å². The molecule has 2 N–H and O–H groups in total. The Morgan fingerprint density at radius 3 is 2.21 bits per heavy atom. The molecule has 0 amide bonds.